The zero-order valence-corrected chi connectivity index (χ0v) is 15.2. The molecular formula is C19H23NO2S2. The van der Waals surface area contributed by atoms with Crippen LogP contribution >= 0.6 is 23.5 Å². The Morgan fingerprint density at radius 2 is 1.71 bits per heavy atom. The van der Waals surface area contributed by atoms with Crippen LogP contribution in [0.1, 0.15) is 18.1 Å². The van der Waals surface area contributed by atoms with E-state index in [2.05, 4.69) is 17.4 Å². The molecule has 0 aromatic heterocycles. The molecule has 1 atom stereocenters. The van der Waals surface area contributed by atoms with E-state index in [0.29, 0.717) is 18.1 Å². The summed E-state index contributed by atoms with van der Waals surface area (Å²) < 4.78 is 0. The maximum atomic E-state index is 11.8. The topological polar surface area (TPSA) is 49.3 Å². The van der Waals surface area contributed by atoms with Crippen LogP contribution in [0.3, 0.4) is 0 Å². The predicted molar refractivity (Wildman–Crippen MR) is 104 cm³/mol. The van der Waals surface area contributed by atoms with Gasteiger partial charge in [-0.25, -0.2) is 0 Å². The van der Waals surface area contributed by atoms with Crippen LogP contribution in [-0.4, -0.2) is 34.8 Å². The molecule has 24 heavy (non-hydrogen) atoms. The summed E-state index contributed by atoms with van der Waals surface area (Å²) in [4.78, 5) is 13.0. The van der Waals surface area contributed by atoms with Crippen molar-refractivity contribution in [3.8, 4) is 0 Å². The Kier molecular flexibility index (Phi) is 8.81. The van der Waals surface area contributed by atoms with Crippen molar-refractivity contribution in [3.05, 3.63) is 66.2 Å². The molecule has 2 rings (SSSR count). The number of nitrogens with one attached hydrogen (secondary N) is 1. The van der Waals surface area contributed by atoms with Gasteiger partial charge in [-0.05, 0) is 29.9 Å². The molecule has 2 aromatic carbocycles. The lowest BCUT2D eigenvalue weighted by Gasteiger charge is -2.10. The lowest BCUT2D eigenvalue weighted by Crippen LogP contribution is -2.26. The van der Waals surface area contributed by atoms with Gasteiger partial charge in [0, 0.05) is 17.2 Å². The Labute approximate surface area is 152 Å². The maximum Gasteiger partial charge on any atom is 0.229 e. The maximum absolute atomic E-state index is 11.8. The molecule has 0 aliphatic rings. The van der Waals surface area contributed by atoms with Gasteiger partial charge in [0.1, 0.15) is 0 Å². The number of carbonyl (C=O) groups is 1. The number of thioether (sulfide) groups is 2. The number of carbonyl (C=O) groups excluding carboxylic acids is 1. The van der Waals surface area contributed by atoms with Gasteiger partial charge in [-0.3, -0.25) is 4.79 Å². The van der Waals surface area contributed by atoms with E-state index in [1.54, 1.807) is 11.8 Å². The van der Waals surface area contributed by atoms with Gasteiger partial charge in [-0.2, -0.15) is 0 Å². The molecule has 1 unspecified atom stereocenters. The second kappa shape index (κ2) is 11.2. The SMILES string of the molecule is O=C(CSCC(O)c1ccccc1)NCCCSc1ccccc1. The first-order valence-electron chi connectivity index (χ1n) is 8.01. The minimum Gasteiger partial charge on any atom is -0.388 e. The summed E-state index contributed by atoms with van der Waals surface area (Å²) in [7, 11) is 0. The lowest BCUT2D eigenvalue weighted by molar-refractivity contribution is -0.118. The number of hydrogen-bond donors (Lipinski definition) is 2. The van der Waals surface area contributed by atoms with Crippen LogP contribution in [0.15, 0.2) is 65.6 Å². The zero-order valence-electron chi connectivity index (χ0n) is 13.6. The van der Waals surface area contributed by atoms with Crippen molar-refractivity contribution in [2.24, 2.45) is 0 Å². The number of benzene rings is 2. The highest BCUT2D eigenvalue weighted by Gasteiger charge is 2.08. The fourth-order valence-corrected chi connectivity index (χ4v) is 3.79. The number of rotatable bonds is 10. The number of aliphatic hydroxyl groups excluding tert-OH is 1. The fourth-order valence-electron chi connectivity index (χ4n) is 2.09. The van der Waals surface area contributed by atoms with Crippen molar-refractivity contribution in [1.82, 2.24) is 5.32 Å². The molecule has 0 bridgehead atoms. The van der Waals surface area contributed by atoms with Gasteiger partial charge in [0.15, 0.2) is 0 Å². The van der Waals surface area contributed by atoms with Crippen LogP contribution in [-0.2, 0) is 4.79 Å². The quantitative estimate of drug-likeness (QED) is 0.500. The second-order valence-corrected chi connectivity index (χ2v) is 7.51. The van der Waals surface area contributed by atoms with Gasteiger partial charge in [0.25, 0.3) is 0 Å². The van der Waals surface area contributed by atoms with Gasteiger partial charge < -0.3 is 10.4 Å². The van der Waals surface area contributed by atoms with E-state index in [9.17, 15) is 9.90 Å². The third-order valence-corrected chi connectivity index (χ3v) is 5.46. The smallest absolute Gasteiger partial charge is 0.229 e. The van der Waals surface area contributed by atoms with Crippen molar-refractivity contribution in [2.45, 2.75) is 17.4 Å². The summed E-state index contributed by atoms with van der Waals surface area (Å²) in [6, 6.07) is 19.8. The van der Waals surface area contributed by atoms with Crippen molar-refractivity contribution in [3.63, 3.8) is 0 Å². The van der Waals surface area contributed by atoms with Gasteiger partial charge in [-0.1, -0.05) is 48.5 Å². The van der Waals surface area contributed by atoms with Gasteiger partial charge in [-0.15, -0.1) is 23.5 Å². The first-order valence-corrected chi connectivity index (χ1v) is 10.1. The second-order valence-electron chi connectivity index (χ2n) is 5.31. The minimum absolute atomic E-state index is 0.0324. The Hall–Kier alpha value is -1.43. The predicted octanol–water partition coefficient (Wildman–Crippen LogP) is 3.75. The highest BCUT2D eigenvalue weighted by molar-refractivity contribution is 8.00. The average Bonchev–Trinajstić information content (AvgIpc) is 2.63. The zero-order chi connectivity index (χ0) is 17.0. The summed E-state index contributed by atoms with van der Waals surface area (Å²) >= 11 is 3.26. The summed E-state index contributed by atoms with van der Waals surface area (Å²) in [5, 5.41) is 13.0. The van der Waals surface area contributed by atoms with Crippen molar-refractivity contribution < 1.29 is 9.90 Å². The molecule has 1 amide bonds. The molecule has 0 spiro atoms. The van der Waals surface area contributed by atoms with E-state index in [-0.39, 0.29) is 5.91 Å². The van der Waals surface area contributed by atoms with Crippen molar-refractivity contribution in [1.29, 1.82) is 0 Å². The van der Waals surface area contributed by atoms with E-state index >= 15 is 0 Å². The Bertz CT molecular complexity index is 593. The van der Waals surface area contributed by atoms with E-state index in [0.717, 1.165) is 17.7 Å². The molecule has 128 valence electrons. The van der Waals surface area contributed by atoms with Gasteiger partial charge >= 0.3 is 0 Å². The molecule has 2 N–H and O–H groups in total. The normalized spacial score (nSPS) is 11.9. The van der Waals surface area contributed by atoms with Crippen LogP contribution in [0.25, 0.3) is 0 Å². The molecule has 5 heteroatoms. The Morgan fingerprint density at radius 1 is 1.04 bits per heavy atom. The first kappa shape index (κ1) is 18.9. The number of amides is 1. The molecule has 0 saturated carbocycles. The highest BCUT2D eigenvalue weighted by atomic mass is 32.2. The monoisotopic (exact) mass is 361 g/mol. The summed E-state index contributed by atoms with van der Waals surface area (Å²) in [5.74, 6) is 1.94. The minimum atomic E-state index is -0.522. The number of hydrogen-bond acceptors (Lipinski definition) is 4. The van der Waals surface area contributed by atoms with Crippen LogP contribution in [0.5, 0.6) is 0 Å². The molecule has 0 aliphatic carbocycles. The Morgan fingerprint density at radius 3 is 2.42 bits per heavy atom. The fraction of sp³-hybridized carbons (Fsp3) is 0.316. The molecule has 0 radical (unpaired) electrons. The largest absolute Gasteiger partial charge is 0.388 e. The Balaban J connectivity index is 1.51. The van der Waals surface area contributed by atoms with Gasteiger partial charge in [0.2, 0.25) is 5.91 Å². The van der Waals surface area contributed by atoms with Gasteiger partial charge in [0.05, 0.1) is 11.9 Å². The molecule has 3 nitrogen and oxygen atoms in total. The highest BCUT2D eigenvalue weighted by Crippen LogP contribution is 2.18. The lowest BCUT2D eigenvalue weighted by atomic mass is 10.1. The van der Waals surface area contributed by atoms with Crippen LogP contribution in [0.4, 0.5) is 0 Å². The standard InChI is InChI=1S/C19H23NO2S2/c21-18(16-8-3-1-4-9-16)14-23-15-19(22)20-12-7-13-24-17-10-5-2-6-11-17/h1-6,8-11,18,21H,7,12-15H2,(H,20,22). The number of aliphatic hydroxyl groups is 1. The van der Waals surface area contributed by atoms with Crippen LogP contribution < -0.4 is 5.32 Å². The van der Waals surface area contributed by atoms with E-state index in [4.69, 9.17) is 0 Å². The van der Waals surface area contributed by atoms with E-state index in [1.165, 1.54) is 16.7 Å². The summed E-state index contributed by atoms with van der Waals surface area (Å²) in [5.41, 5.74) is 0.892. The molecule has 0 aliphatic heterocycles. The van der Waals surface area contributed by atoms with Crippen molar-refractivity contribution in [2.75, 3.05) is 23.8 Å². The van der Waals surface area contributed by atoms with Crippen molar-refractivity contribution >= 4 is 29.4 Å². The van der Waals surface area contributed by atoms with E-state index in [1.807, 2.05) is 48.5 Å². The summed E-state index contributed by atoms with van der Waals surface area (Å²) in [6.45, 7) is 0.695. The van der Waals surface area contributed by atoms with E-state index < -0.39 is 6.10 Å². The molecule has 0 saturated heterocycles. The molecular weight excluding hydrogens is 338 g/mol. The van der Waals surface area contributed by atoms with Crippen LogP contribution in [0.2, 0.25) is 0 Å². The van der Waals surface area contributed by atoms with Crippen LogP contribution in [0, 0.1) is 0 Å². The third kappa shape index (κ3) is 7.43. The molecule has 0 heterocycles. The molecule has 2 aromatic rings. The first-order chi connectivity index (χ1) is 11.8. The average molecular weight is 362 g/mol. The molecule has 0 fully saturated rings. The third-order valence-electron chi connectivity index (χ3n) is 3.35. The summed E-state index contributed by atoms with van der Waals surface area (Å²) in [6.07, 6.45) is 0.425.